The van der Waals surface area contributed by atoms with Gasteiger partial charge in [-0.3, -0.25) is 4.79 Å². The number of rotatable bonds is 6. The Bertz CT molecular complexity index is 642. The quantitative estimate of drug-likeness (QED) is 0.852. The van der Waals surface area contributed by atoms with E-state index in [1.807, 2.05) is 0 Å². The van der Waals surface area contributed by atoms with Crippen molar-refractivity contribution < 1.29 is 27.1 Å². The molecule has 8 heteroatoms. The van der Waals surface area contributed by atoms with E-state index in [-0.39, 0.29) is 18.3 Å². The van der Waals surface area contributed by atoms with Crippen LogP contribution in [0.1, 0.15) is 18.7 Å². The molecule has 1 unspecified atom stereocenters. The zero-order valence-corrected chi connectivity index (χ0v) is 12.2. The van der Waals surface area contributed by atoms with Crippen molar-refractivity contribution in [3.05, 3.63) is 48.4 Å². The minimum Gasteiger partial charge on any atom is -0.467 e. The van der Waals surface area contributed by atoms with Gasteiger partial charge in [0, 0.05) is 0 Å². The fraction of sp³-hybridized carbons (Fsp3) is 0.267. The van der Waals surface area contributed by atoms with Crippen LogP contribution in [0.2, 0.25) is 0 Å². The molecule has 0 saturated carbocycles. The summed E-state index contributed by atoms with van der Waals surface area (Å²) >= 11 is 0. The van der Waals surface area contributed by atoms with Gasteiger partial charge in [0.05, 0.1) is 24.5 Å². The third-order valence-electron chi connectivity index (χ3n) is 2.90. The van der Waals surface area contributed by atoms with Crippen LogP contribution in [0.4, 0.5) is 18.9 Å². The zero-order valence-electron chi connectivity index (χ0n) is 12.2. The van der Waals surface area contributed by atoms with Crippen LogP contribution in [0.25, 0.3) is 0 Å². The maximum atomic E-state index is 12.3. The lowest BCUT2D eigenvalue weighted by Crippen LogP contribution is -2.32. The van der Waals surface area contributed by atoms with Gasteiger partial charge in [-0.05, 0) is 31.2 Å². The number of halogens is 3. The Kier molecular flexibility index (Phi) is 5.15. The summed E-state index contributed by atoms with van der Waals surface area (Å²) in [7, 11) is 0. The van der Waals surface area contributed by atoms with Crippen molar-refractivity contribution in [1.82, 2.24) is 5.32 Å². The number of carbonyl (C=O) groups is 1. The molecule has 2 N–H and O–H groups in total. The molecular weight excluding hydrogens is 313 g/mol. The molecule has 1 heterocycles. The fourth-order valence-electron chi connectivity index (χ4n) is 1.90. The molecule has 1 aromatic carbocycles. The molecule has 0 aliphatic carbocycles. The van der Waals surface area contributed by atoms with E-state index in [9.17, 15) is 18.0 Å². The fourth-order valence-corrected chi connectivity index (χ4v) is 1.90. The largest absolute Gasteiger partial charge is 0.573 e. The van der Waals surface area contributed by atoms with E-state index >= 15 is 0 Å². The van der Waals surface area contributed by atoms with Crippen molar-refractivity contribution >= 4 is 11.6 Å². The maximum Gasteiger partial charge on any atom is 0.573 e. The van der Waals surface area contributed by atoms with Gasteiger partial charge < -0.3 is 19.8 Å². The third-order valence-corrected chi connectivity index (χ3v) is 2.90. The van der Waals surface area contributed by atoms with Crippen molar-refractivity contribution in [2.75, 3.05) is 11.9 Å². The van der Waals surface area contributed by atoms with Crippen molar-refractivity contribution in [2.45, 2.75) is 19.3 Å². The van der Waals surface area contributed by atoms with Gasteiger partial charge in [0.2, 0.25) is 5.91 Å². The molecule has 0 saturated heterocycles. The van der Waals surface area contributed by atoms with E-state index < -0.39 is 18.0 Å². The molecule has 1 atom stereocenters. The number of hydrogen-bond acceptors (Lipinski definition) is 4. The molecule has 0 aliphatic rings. The molecule has 2 rings (SSSR count). The standard InChI is InChI=1S/C15H15F3N2O3/c1-10(12-7-4-8-22-12)20-14(21)9-19-11-5-2-3-6-13(11)23-15(16,17)18/h2-8,10,19H,9H2,1H3,(H,20,21). The van der Waals surface area contributed by atoms with Crippen molar-refractivity contribution in [2.24, 2.45) is 0 Å². The maximum absolute atomic E-state index is 12.3. The smallest absolute Gasteiger partial charge is 0.467 e. The number of alkyl halides is 3. The Labute approximate surface area is 130 Å². The van der Waals surface area contributed by atoms with Gasteiger partial charge >= 0.3 is 6.36 Å². The number of ether oxygens (including phenoxy) is 1. The Balaban J connectivity index is 1.91. The van der Waals surface area contributed by atoms with Crippen LogP contribution in [0.15, 0.2) is 47.1 Å². The average Bonchev–Trinajstić information content (AvgIpc) is 2.99. The van der Waals surface area contributed by atoms with Crippen molar-refractivity contribution in [3.63, 3.8) is 0 Å². The van der Waals surface area contributed by atoms with Crippen LogP contribution in [-0.2, 0) is 4.79 Å². The highest BCUT2D eigenvalue weighted by Gasteiger charge is 2.32. The Morgan fingerprint density at radius 1 is 1.26 bits per heavy atom. The highest BCUT2D eigenvalue weighted by Crippen LogP contribution is 2.29. The van der Waals surface area contributed by atoms with Crippen LogP contribution in [0.5, 0.6) is 5.75 Å². The second-order valence-electron chi connectivity index (χ2n) is 4.70. The number of para-hydroxylation sites is 2. The first-order chi connectivity index (χ1) is 10.8. The lowest BCUT2D eigenvalue weighted by molar-refractivity contribution is -0.274. The van der Waals surface area contributed by atoms with Gasteiger partial charge in [-0.2, -0.15) is 0 Å². The highest BCUT2D eigenvalue weighted by atomic mass is 19.4. The van der Waals surface area contributed by atoms with Crippen LogP contribution >= 0.6 is 0 Å². The molecule has 0 radical (unpaired) electrons. The third kappa shape index (κ3) is 5.24. The number of anilines is 1. The highest BCUT2D eigenvalue weighted by molar-refractivity contribution is 5.81. The number of nitrogens with one attached hydrogen (secondary N) is 2. The molecular formula is C15H15F3N2O3. The van der Waals surface area contributed by atoms with E-state index in [4.69, 9.17) is 4.42 Å². The van der Waals surface area contributed by atoms with E-state index in [2.05, 4.69) is 15.4 Å². The van der Waals surface area contributed by atoms with E-state index in [1.165, 1.54) is 30.5 Å². The van der Waals surface area contributed by atoms with Gasteiger partial charge in [-0.25, -0.2) is 0 Å². The Morgan fingerprint density at radius 3 is 2.65 bits per heavy atom. The molecule has 23 heavy (non-hydrogen) atoms. The summed E-state index contributed by atoms with van der Waals surface area (Å²) in [5, 5.41) is 5.28. The van der Waals surface area contributed by atoms with E-state index in [0.717, 1.165) is 0 Å². The van der Waals surface area contributed by atoms with Crippen LogP contribution < -0.4 is 15.4 Å². The van der Waals surface area contributed by atoms with Crippen molar-refractivity contribution in [3.8, 4) is 5.75 Å². The number of amides is 1. The second-order valence-corrected chi connectivity index (χ2v) is 4.70. The van der Waals surface area contributed by atoms with Gasteiger partial charge in [0.15, 0.2) is 5.75 Å². The first-order valence-electron chi connectivity index (χ1n) is 6.76. The minimum atomic E-state index is -4.80. The van der Waals surface area contributed by atoms with Crippen LogP contribution in [0, 0.1) is 0 Å². The van der Waals surface area contributed by atoms with Crippen LogP contribution in [0.3, 0.4) is 0 Å². The summed E-state index contributed by atoms with van der Waals surface area (Å²) in [5.41, 5.74) is 0.0747. The Morgan fingerprint density at radius 2 is 2.00 bits per heavy atom. The number of carbonyl (C=O) groups excluding carboxylic acids is 1. The predicted octanol–water partition coefficient (Wildman–Crippen LogP) is 3.47. The number of benzene rings is 1. The molecule has 0 bridgehead atoms. The molecule has 1 aromatic heterocycles. The summed E-state index contributed by atoms with van der Waals surface area (Å²) in [5.74, 6) is -0.207. The van der Waals surface area contributed by atoms with Gasteiger partial charge in [-0.15, -0.1) is 13.2 Å². The zero-order chi connectivity index (χ0) is 16.9. The number of furan rings is 1. The van der Waals surface area contributed by atoms with Crippen molar-refractivity contribution in [1.29, 1.82) is 0 Å². The van der Waals surface area contributed by atoms with Gasteiger partial charge in [0.1, 0.15) is 5.76 Å². The molecule has 1 amide bonds. The molecule has 0 spiro atoms. The molecule has 0 fully saturated rings. The number of hydrogen-bond donors (Lipinski definition) is 2. The summed E-state index contributed by atoms with van der Waals surface area (Å²) in [6.45, 7) is 1.53. The van der Waals surface area contributed by atoms with E-state index in [1.54, 1.807) is 19.1 Å². The summed E-state index contributed by atoms with van der Waals surface area (Å²) in [6, 6.07) is 8.57. The Hall–Kier alpha value is -2.64. The molecule has 0 aliphatic heterocycles. The van der Waals surface area contributed by atoms with E-state index in [0.29, 0.717) is 5.76 Å². The topological polar surface area (TPSA) is 63.5 Å². The SMILES string of the molecule is CC(NC(=O)CNc1ccccc1OC(F)(F)F)c1ccco1. The molecule has 5 nitrogen and oxygen atoms in total. The molecule has 124 valence electrons. The second kappa shape index (κ2) is 7.08. The molecule has 2 aromatic rings. The average molecular weight is 328 g/mol. The summed E-state index contributed by atoms with van der Waals surface area (Å²) in [4.78, 5) is 11.8. The first-order valence-corrected chi connectivity index (χ1v) is 6.76. The minimum absolute atomic E-state index is 0.0747. The summed E-state index contributed by atoms with van der Waals surface area (Å²) < 4.78 is 46.0. The van der Waals surface area contributed by atoms with Crippen LogP contribution in [-0.4, -0.2) is 18.8 Å². The first kappa shape index (κ1) is 16.7. The monoisotopic (exact) mass is 328 g/mol. The lowest BCUT2D eigenvalue weighted by Gasteiger charge is -2.15. The normalized spacial score (nSPS) is 12.5. The lowest BCUT2D eigenvalue weighted by atomic mass is 10.2. The predicted molar refractivity (Wildman–Crippen MR) is 76.9 cm³/mol. The summed E-state index contributed by atoms with van der Waals surface area (Å²) in [6.07, 6.45) is -3.31. The van der Waals surface area contributed by atoms with Gasteiger partial charge in [-0.1, -0.05) is 12.1 Å². The van der Waals surface area contributed by atoms with Gasteiger partial charge in [0.25, 0.3) is 0 Å².